The second kappa shape index (κ2) is 7.14. The van der Waals surface area contributed by atoms with E-state index in [1.165, 1.54) is 13.2 Å². The summed E-state index contributed by atoms with van der Waals surface area (Å²) in [5.41, 5.74) is -0.487. The van der Waals surface area contributed by atoms with Gasteiger partial charge >= 0.3 is 6.18 Å². The average Bonchev–Trinajstić information content (AvgIpc) is 2.52. The van der Waals surface area contributed by atoms with Crippen molar-refractivity contribution in [2.45, 2.75) is 26.3 Å². The molecule has 2 aromatic rings. The van der Waals surface area contributed by atoms with Crippen LogP contribution in [-0.2, 0) is 15.7 Å². The maximum Gasteiger partial charge on any atom is 0.433 e. The predicted molar refractivity (Wildman–Crippen MR) is 79.3 cm³/mol. The predicted octanol–water partition coefficient (Wildman–Crippen LogP) is 4.33. The summed E-state index contributed by atoms with van der Waals surface area (Å²) in [4.78, 5) is 3.69. The van der Waals surface area contributed by atoms with Crippen LogP contribution in [-0.4, -0.2) is 25.3 Å². The van der Waals surface area contributed by atoms with Gasteiger partial charge in [-0.25, -0.2) is 4.98 Å². The molecule has 0 aliphatic heterocycles. The summed E-state index contributed by atoms with van der Waals surface area (Å²) < 4.78 is 55.4. The molecule has 1 heterocycles. The van der Waals surface area contributed by atoms with Crippen LogP contribution in [0.25, 0.3) is 10.9 Å². The topological polar surface area (TPSA) is 40.6 Å². The number of pyridine rings is 1. The highest BCUT2D eigenvalue weighted by Gasteiger charge is 2.34. The first-order chi connectivity index (χ1) is 10.9. The Kier molecular flexibility index (Phi) is 5.43. The number of ether oxygens (including phenoxy) is 3. The van der Waals surface area contributed by atoms with Crippen molar-refractivity contribution >= 4 is 10.9 Å². The third-order valence-corrected chi connectivity index (χ3v) is 3.23. The summed E-state index contributed by atoms with van der Waals surface area (Å²) in [6, 6.07) is 5.65. The number of halogens is 3. The third kappa shape index (κ3) is 3.92. The zero-order valence-electron chi connectivity index (χ0n) is 13.1. The molecule has 2 rings (SSSR count). The Morgan fingerprint density at radius 2 is 1.74 bits per heavy atom. The van der Waals surface area contributed by atoms with Crippen molar-refractivity contribution in [1.82, 2.24) is 4.98 Å². The van der Waals surface area contributed by atoms with E-state index < -0.39 is 18.2 Å². The summed E-state index contributed by atoms with van der Waals surface area (Å²) >= 11 is 0. The Morgan fingerprint density at radius 1 is 1.09 bits per heavy atom. The van der Waals surface area contributed by atoms with Gasteiger partial charge in [-0.1, -0.05) is 0 Å². The number of rotatable bonds is 6. The fraction of sp³-hybridized carbons (Fsp3) is 0.438. The first-order valence-electron chi connectivity index (χ1n) is 7.19. The van der Waals surface area contributed by atoms with Crippen molar-refractivity contribution < 1.29 is 27.4 Å². The van der Waals surface area contributed by atoms with Crippen molar-refractivity contribution in [3.63, 3.8) is 0 Å². The largest absolute Gasteiger partial charge is 0.497 e. The molecule has 0 aliphatic carbocycles. The first-order valence-corrected chi connectivity index (χ1v) is 7.19. The van der Waals surface area contributed by atoms with E-state index in [0.29, 0.717) is 24.3 Å². The van der Waals surface area contributed by atoms with Gasteiger partial charge in [0.2, 0.25) is 0 Å². The molecule has 7 heteroatoms. The van der Waals surface area contributed by atoms with Gasteiger partial charge in [0, 0.05) is 24.2 Å². The molecule has 1 aromatic heterocycles. The van der Waals surface area contributed by atoms with E-state index in [2.05, 4.69) is 4.98 Å². The quantitative estimate of drug-likeness (QED) is 0.740. The van der Waals surface area contributed by atoms with Crippen LogP contribution in [0.3, 0.4) is 0 Å². The lowest BCUT2D eigenvalue weighted by atomic mass is 10.1. The van der Waals surface area contributed by atoms with Gasteiger partial charge in [0.25, 0.3) is 0 Å². The van der Waals surface area contributed by atoms with Crippen LogP contribution in [0.2, 0.25) is 0 Å². The van der Waals surface area contributed by atoms with E-state index in [-0.39, 0.29) is 11.1 Å². The molecule has 0 saturated carbocycles. The molecule has 1 aromatic carbocycles. The molecule has 0 spiro atoms. The Hall–Kier alpha value is -1.86. The maximum atomic E-state index is 13.1. The number of benzene rings is 1. The molecule has 0 aliphatic rings. The Balaban J connectivity index is 2.69. The van der Waals surface area contributed by atoms with Crippen LogP contribution in [0.5, 0.6) is 5.75 Å². The highest BCUT2D eigenvalue weighted by atomic mass is 19.4. The van der Waals surface area contributed by atoms with Gasteiger partial charge in [-0.15, -0.1) is 0 Å². The number of hydrogen-bond acceptors (Lipinski definition) is 4. The van der Waals surface area contributed by atoms with Crippen molar-refractivity contribution in [3.05, 3.63) is 35.5 Å². The number of fused-ring (bicyclic) bond motifs is 1. The van der Waals surface area contributed by atoms with Crippen LogP contribution in [0.15, 0.2) is 24.3 Å². The minimum absolute atomic E-state index is 0.208. The van der Waals surface area contributed by atoms with E-state index >= 15 is 0 Å². The van der Waals surface area contributed by atoms with Gasteiger partial charge in [0.1, 0.15) is 11.4 Å². The molecule has 0 amide bonds. The Bertz CT molecular complexity index is 667. The first kappa shape index (κ1) is 17.5. The van der Waals surface area contributed by atoms with Crippen LogP contribution in [0.4, 0.5) is 13.2 Å². The second-order valence-corrected chi connectivity index (χ2v) is 4.72. The molecule has 0 fully saturated rings. The molecule has 0 unspecified atom stereocenters. The molecule has 0 atom stereocenters. The van der Waals surface area contributed by atoms with Crippen molar-refractivity contribution in [3.8, 4) is 5.75 Å². The SMILES string of the molecule is CCOC(OCC)c1cc(C(F)(F)F)nc2ccc(OC)cc12. The van der Waals surface area contributed by atoms with Gasteiger partial charge in [-0.05, 0) is 38.1 Å². The lowest BCUT2D eigenvalue weighted by Gasteiger charge is -2.20. The minimum atomic E-state index is -4.55. The lowest BCUT2D eigenvalue weighted by molar-refractivity contribution is -0.145. The summed E-state index contributed by atoms with van der Waals surface area (Å²) in [6.45, 7) is 4.11. The van der Waals surface area contributed by atoms with Crippen LogP contribution >= 0.6 is 0 Å². The molecule has 23 heavy (non-hydrogen) atoms. The molecule has 0 N–H and O–H groups in total. The lowest BCUT2D eigenvalue weighted by Crippen LogP contribution is -2.14. The van der Waals surface area contributed by atoms with Gasteiger partial charge in [0.15, 0.2) is 6.29 Å². The molecule has 0 saturated heterocycles. The molecule has 0 bridgehead atoms. The third-order valence-electron chi connectivity index (χ3n) is 3.23. The molecule has 126 valence electrons. The molecule has 4 nitrogen and oxygen atoms in total. The van der Waals surface area contributed by atoms with Crippen LogP contribution in [0, 0.1) is 0 Å². The van der Waals surface area contributed by atoms with Crippen molar-refractivity contribution in [1.29, 1.82) is 0 Å². The number of methoxy groups -OCH3 is 1. The van der Waals surface area contributed by atoms with Gasteiger partial charge < -0.3 is 14.2 Å². The number of aromatic nitrogens is 1. The van der Waals surface area contributed by atoms with Crippen LogP contribution < -0.4 is 4.74 Å². The van der Waals surface area contributed by atoms with E-state index in [1.54, 1.807) is 26.0 Å². The van der Waals surface area contributed by atoms with E-state index in [9.17, 15) is 13.2 Å². The summed E-state index contributed by atoms with van der Waals surface area (Å²) in [7, 11) is 1.49. The van der Waals surface area contributed by atoms with Crippen molar-refractivity contribution in [2.75, 3.05) is 20.3 Å². The Labute approximate surface area is 132 Å². The smallest absolute Gasteiger partial charge is 0.433 e. The number of hydrogen-bond donors (Lipinski definition) is 0. The van der Waals surface area contributed by atoms with E-state index in [4.69, 9.17) is 14.2 Å². The second-order valence-electron chi connectivity index (χ2n) is 4.72. The van der Waals surface area contributed by atoms with E-state index in [0.717, 1.165) is 6.07 Å². The maximum absolute atomic E-state index is 13.1. The zero-order chi connectivity index (χ0) is 17.0. The van der Waals surface area contributed by atoms with Crippen molar-refractivity contribution in [2.24, 2.45) is 0 Å². The highest BCUT2D eigenvalue weighted by Crippen LogP contribution is 2.35. The van der Waals surface area contributed by atoms with E-state index in [1.807, 2.05) is 0 Å². The zero-order valence-corrected chi connectivity index (χ0v) is 13.1. The van der Waals surface area contributed by atoms with Gasteiger partial charge in [-0.2, -0.15) is 13.2 Å². The highest BCUT2D eigenvalue weighted by molar-refractivity contribution is 5.84. The summed E-state index contributed by atoms with van der Waals surface area (Å²) in [5, 5.41) is 0.504. The minimum Gasteiger partial charge on any atom is -0.497 e. The number of nitrogens with zero attached hydrogens (tertiary/aromatic N) is 1. The monoisotopic (exact) mass is 329 g/mol. The normalized spacial score (nSPS) is 12.1. The summed E-state index contributed by atoms with van der Waals surface area (Å²) in [6.07, 6.45) is -5.45. The standard InChI is InChI=1S/C16H18F3NO3/c1-4-22-15(23-5-2)12-9-14(16(17,18)19)20-13-7-6-10(21-3)8-11(12)13/h6-9,15H,4-5H2,1-3H3. The Morgan fingerprint density at radius 3 is 2.26 bits per heavy atom. The summed E-state index contributed by atoms with van der Waals surface area (Å²) in [5.74, 6) is 0.520. The molecular formula is C16H18F3NO3. The van der Waals surface area contributed by atoms with Gasteiger partial charge in [0.05, 0.1) is 12.6 Å². The molecular weight excluding hydrogens is 311 g/mol. The fourth-order valence-corrected chi connectivity index (χ4v) is 2.23. The van der Waals surface area contributed by atoms with Gasteiger partial charge in [-0.3, -0.25) is 0 Å². The molecule has 0 radical (unpaired) electrons. The average molecular weight is 329 g/mol. The fourth-order valence-electron chi connectivity index (χ4n) is 2.23. The number of alkyl halides is 3. The van der Waals surface area contributed by atoms with Crippen LogP contribution in [0.1, 0.15) is 31.4 Å².